The second kappa shape index (κ2) is 6.91. The first-order valence-electron chi connectivity index (χ1n) is 6.74. The van der Waals surface area contributed by atoms with Crippen LogP contribution in [-0.4, -0.2) is 20.5 Å². The summed E-state index contributed by atoms with van der Waals surface area (Å²) in [6.07, 6.45) is 2.22. The Morgan fingerprint density at radius 3 is 2.16 bits per heavy atom. The summed E-state index contributed by atoms with van der Waals surface area (Å²) in [4.78, 5) is 0.301. The molecule has 1 aromatic carbocycles. The zero-order valence-corrected chi connectivity index (χ0v) is 12.9. The Balaban J connectivity index is 2.76. The number of benzene rings is 1. The molecule has 4 nitrogen and oxygen atoms in total. The van der Waals surface area contributed by atoms with Crippen LogP contribution in [0.3, 0.4) is 0 Å². The molecule has 0 aliphatic rings. The quantitative estimate of drug-likeness (QED) is 0.809. The van der Waals surface area contributed by atoms with Gasteiger partial charge in [-0.15, -0.1) is 0 Å². The van der Waals surface area contributed by atoms with Gasteiger partial charge in [0.2, 0.25) is 10.0 Å². The average Bonchev–Trinajstić information content (AvgIpc) is 2.28. The van der Waals surface area contributed by atoms with Crippen molar-refractivity contribution in [3.05, 3.63) is 24.3 Å². The predicted octanol–water partition coefficient (Wildman–Crippen LogP) is 2.97. The Bertz CT molecular complexity index is 481. The average molecular weight is 284 g/mol. The van der Waals surface area contributed by atoms with Crippen LogP contribution in [0.15, 0.2) is 29.2 Å². The maximum atomic E-state index is 11.9. The van der Waals surface area contributed by atoms with Crippen LogP contribution in [0, 0.1) is 0 Å². The van der Waals surface area contributed by atoms with Gasteiger partial charge in [0.1, 0.15) is 0 Å². The Kier molecular flexibility index (Phi) is 5.82. The van der Waals surface area contributed by atoms with Crippen LogP contribution in [-0.2, 0) is 10.0 Å². The van der Waals surface area contributed by atoms with E-state index in [9.17, 15) is 8.42 Å². The Morgan fingerprint density at radius 1 is 1.11 bits per heavy atom. The van der Waals surface area contributed by atoms with Crippen LogP contribution in [0.5, 0.6) is 0 Å². The first kappa shape index (κ1) is 16.0. The van der Waals surface area contributed by atoms with E-state index in [1.54, 1.807) is 38.1 Å². The number of anilines is 1. The Morgan fingerprint density at radius 2 is 1.68 bits per heavy atom. The van der Waals surface area contributed by atoms with Gasteiger partial charge in [-0.1, -0.05) is 13.3 Å². The highest BCUT2D eigenvalue weighted by molar-refractivity contribution is 7.89. The zero-order chi connectivity index (χ0) is 14.5. The van der Waals surface area contributed by atoms with Crippen LogP contribution in [0.1, 0.15) is 40.5 Å². The van der Waals surface area contributed by atoms with Crippen molar-refractivity contribution in [2.24, 2.45) is 0 Å². The van der Waals surface area contributed by atoms with Gasteiger partial charge in [0.25, 0.3) is 0 Å². The number of rotatable bonds is 7. The summed E-state index contributed by atoms with van der Waals surface area (Å²) >= 11 is 0. The molecule has 0 bridgehead atoms. The van der Waals surface area contributed by atoms with Gasteiger partial charge >= 0.3 is 0 Å². The minimum absolute atomic E-state index is 0.104. The van der Waals surface area contributed by atoms with E-state index in [0.29, 0.717) is 10.9 Å². The lowest BCUT2D eigenvalue weighted by molar-refractivity contribution is 0.570. The molecule has 0 aromatic heterocycles. The first-order valence-corrected chi connectivity index (χ1v) is 8.22. The molecule has 0 radical (unpaired) electrons. The SMILES string of the molecule is CCCC(C)Nc1ccc(S(=O)(=O)NC(C)C)cc1. The van der Waals surface area contributed by atoms with Crippen LogP contribution in [0.4, 0.5) is 5.69 Å². The third kappa shape index (κ3) is 5.20. The summed E-state index contributed by atoms with van der Waals surface area (Å²) in [5, 5.41) is 3.35. The molecule has 1 rings (SSSR count). The molecule has 0 saturated carbocycles. The summed E-state index contributed by atoms with van der Waals surface area (Å²) in [5.41, 5.74) is 0.949. The van der Waals surface area contributed by atoms with Crippen molar-refractivity contribution in [2.75, 3.05) is 5.32 Å². The smallest absolute Gasteiger partial charge is 0.240 e. The standard InChI is InChI=1S/C14H24N2O2S/c1-5-6-12(4)15-13-7-9-14(10-8-13)19(17,18)16-11(2)3/h7-12,15-16H,5-6H2,1-4H3. The van der Waals surface area contributed by atoms with E-state index in [-0.39, 0.29) is 6.04 Å². The summed E-state index contributed by atoms with van der Waals surface area (Å²) in [6, 6.07) is 7.16. The van der Waals surface area contributed by atoms with E-state index < -0.39 is 10.0 Å². The topological polar surface area (TPSA) is 58.2 Å². The molecular weight excluding hydrogens is 260 g/mol. The van der Waals surface area contributed by atoms with Gasteiger partial charge in [-0.05, 0) is 51.5 Å². The highest BCUT2D eigenvalue weighted by Gasteiger charge is 2.14. The summed E-state index contributed by atoms with van der Waals surface area (Å²) in [7, 11) is -3.39. The van der Waals surface area contributed by atoms with E-state index in [0.717, 1.165) is 18.5 Å². The lowest BCUT2D eigenvalue weighted by atomic mass is 10.2. The molecule has 0 spiro atoms. The van der Waals surface area contributed by atoms with E-state index in [1.165, 1.54) is 0 Å². The molecular formula is C14H24N2O2S. The minimum atomic E-state index is -3.39. The molecule has 0 fully saturated rings. The predicted molar refractivity (Wildman–Crippen MR) is 79.9 cm³/mol. The van der Waals surface area contributed by atoms with Crippen molar-refractivity contribution in [3.8, 4) is 0 Å². The Hall–Kier alpha value is -1.07. The van der Waals surface area contributed by atoms with Gasteiger partial charge in [0.05, 0.1) is 4.90 Å². The molecule has 0 amide bonds. The van der Waals surface area contributed by atoms with E-state index in [2.05, 4.69) is 23.9 Å². The van der Waals surface area contributed by atoms with E-state index >= 15 is 0 Å². The van der Waals surface area contributed by atoms with Crippen LogP contribution in [0.2, 0.25) is 0 Å². The molecule has 0 aliphatic heterocycles. The molecule has 0 aliphatic carbocycles. The fraction of sp³-hybridized carbons (Fsp3) is 0.571. The number of hydrogen-bond donors (Lipinski definition) is 2. The van der Waals surface area contributed by atoms with Crippen molar-refractivity contribution in [1.29, 1.82) is 0 Å². The molecule has 1 unspecified atom stereocenters. The van der Waals surface area contributed by atoms with Crippen molar-refractivity contribution in [2.45, 2.75) is 57.5 Å². The number of hydrogen-bond acceptors (Lipinski definition) is 3. The zero-order valence-electron chi connectivity index (χ0n) is 12.1. The van der Waals surface area contributed by atoms with Gasteiger partial charge in [0, 0.05) is 17.8 Å². The summed E-state index contributed by atoms with van der Waals surface area (Å²) < 4.78 is 26.5. The summed E-state index contributed by atoms with van der Waals surface area (Å²) in [5.74, 6) is 0. The van der Waals surface area contributed by atoms with Crippen molar-refractivity contribution >= 4 is 15.7 Å². The second-order valence-electron chi connectivity index (χ2n) is 5.13. The molecule has 1 aromatic rings. The lowest BCUT2D eigenvalue weighted by Gasteiger charge is -2.15. The number of nitrogens with one attached hydrogen (secondary N) is 2. The molecule has 2 N–H and O–H groups in total. The van der Waals surface area contributed by atoms with E-state index in [1.807, 2.05) is 0 Å². The van der Waals surface area contributed by atoms with Crippen LogP contribution in [0.25, 0.3) is 0 Å². The van der Waals surface area contributed by atoms with Gasteiger partial charge < -0.3 is 5.32 Å². The molecule has 1 atom stereocenters. The molecule has 19 heavy (non-hydrogen) atoms. The largest absolute Gasteiger partial charge is 0.383 e. The fourth-order valence-corrected chi connectivity index (χ4v) is 3.15. The summed E-state index contributed by atoms with van der Waals surface area (Å²) in [6.45, 7) is 7.87. The van der Waals surface area contributed by atoms with Crippen molar-refractivity contribution in [1.82, 2.24) is 4.72 Å². The Labute approximate surface area is 116 Å². The molecule has 0 saturated heterocycles. The van der Waals surface area contributed by atoms with Crippen LogP contribution < -0.4 is 10.0 Å². The maximum Gasteiger partial charge on any atom is 0.240 e. The van der Waals surface area contributed by atoms with Gasteiger partial charge in [-0.3, -0.25) is 0 Å². The van der Waals surface area contributed by atoms with Crippen molar-refractivity contribution < 1.29 is 8.42 Å². The van der Waals surface area contributed by atoms with Crippen molar-refractivity contribution in [3.63, 3.8) is 0 Å². The third-order valence-electron chi connectivity index (χ3n) is 2.69. The monoisotopic (exact) mass is 284 g/mol. The third-order valence-corrected chi connectivity index (χ3v) is 4.36. The number of sulfonamides is 1. The van der Waals surface area contributed by atoms with Crippen LogP contribution >= 0.6 is 0 Å². The van der Waals surface area contributed by atoms with Gasteiger partial charge in [-0.25, -0.2) is 13.1 Å². The van der Waals surface area contributed by atoms with Gasteiger partial charge in [-0.2, -0.15) is 0 Å². The highest BCUT2D eigenvalue weighted by Crippen LogP contribution is 2.16. The minimum Gasteiger partial charge on any atom is -0.383 e. The second-order valence-corrected chi connectivity index (χ2v) is 6.85. The normalized spacial score (nSPS) is 13.5. The van der Waals surface area contributed by atoms with Gasteiger partial charge in [0.15, 0.2) is 0 Å². The van der Waals surface area contributed by atoms with E-state index in [4.69, 9.17) is 0 Å². The maximum absolute atomic E-state index is 11.9. The lowest BCUT2D eigenvalue weighted by Crippen LogP contribution is -2.30. The molecule has 108 valence electrons. The molecule has 0 heterocycles. The fourth-order valence-electron chi connectivity index (χ4n) is 1.90. The first-order chi connectivity index (χ1) is 8.85. The highest BCUT2D eigenvalue weighted by atomic mass is 32.2. The molecule has 5 heteroatoms.